The standard InChI is InChI=1S/C18H30N4O2/c1-19-12-17-11-16(14-24-17)18(23)22-9-7-21(8-10-22)13-15-3-5-20(2)6-4-15/h11,14-15,19H,3-10,12-13H2,1-2H3. The van der Waals surface area contributed by atoms with E-state index in [4.69, 9.17) is 4.42 Å². The maximum Gasteiger partial charge on any atom is 0.257 e. The third-order valence-corrected chi connectivity index (χ3v) is 5.27. The van der Waals surface area contributed by atoms with Crippen molar-refractivity contribution in [2.45, 2.75) is 19.4 Å². The number of nitrogens with one attached hydrogen (secondary N) is 1. The molecule has 1 N–H and O–H groups in total. The van der Waals surface area contributed by atoms with Crippen LogP contribution in [-0.4, -0.2) is 80.5 Å². The Labute approximate surface area is 144 Å². The van der Waals surface area contributed by atoms with Gasteiger partial charge in [0.1, 0.15) is 12.0 Å². The van der Waals surface area contributed by atoms with Crippen LogP contribution in [0.1, 0.15) is 29.0 Å². The molecule has 1 aromatic heterocycles. The number of carbonyl (C=O) groups excluding carboxylic acids is 1. The predicted octanol–water partition coefficient (Wildman–Crippen LogP) is 1.10. The molecule has 24 heavy (non-hydrogen) atoms. The monoisotopic (exact) mass is 334 g/mol. The molecule has 6 heteroatoms. The van der Waals surface area contributed by atoms with E-state index >= 15 is 0 Å². The normalized spacial score (nSPS) is 21.3. The van der Waals surface area contributed by atoms with E-state index in [0.29, 0.717) is 12.1 Å². The SMILES string of the molecule is CNCc1cc(C(=O)N2CCN(CC3CCN(C)CC3)CC2)co1. The molecular weight excluding hydrogens is 304 g/mol. The minimum atomic E-state index is 0.0973. The van der Waals surface area contributed by atoms with Crippen LogP contribution in [0.25, 0.3) is 0 Å². The Kier molecular flexibility index (Phi) is 5.92. The van der Waals surface area contributed by atoms with Crippen LogP contribution in [0, 0.1) is 5.92 Å². The maximum absolute atomic E-state index is 12.6. The van der Waals surface area contributed by atoms with Crippen molar-refractivity contribution in [2.75, 3.05) is 59.9 Å². The molecule has 2 saturated heterocycles. The summed E-state index contributed by atoms with van der Waals surface area (Å²) >= 11 is 0. The van der Waals surface area contributed by atoms with E-state index < -0.39 is 0 Å². The lowest BCUT2D eigenvalue weighted by molar-refractivity contribution is 0.0593. The van der Waals surface area contributed by atoms with Crippen LogP contribution in [0.2, 0.25) is 0 Å². The zero-order chi connectivity index (χ0) is 16.9. The first-order valence-corrected chi connectivity index (χ1v) is 9.08. The first kappa shape index (κ1) is 17.5. The summed E-state index contributed by atoms with van der Waals surface area (Å²) < 4.78 is 5.42. The number of amides is 1. The first-order valence-electron chi connectivity index (χ1n) is 9.08. The molecule has 1 amide bonds. The lowest BCUT2D eigenvalue weighted by Crippen LogP contribution is -2.50. The van der Waals surface area contributed by atoms with Gasteiger partial charge in [-0.15, -0.1) is 0 Å². The van der Waals surface area contributed by atoms with Gasteiger partial charge < -0.3 is 19.5 Å². The van der Waals surface area contributed by atoms with E-state index in [1.165, 1.54) is 32.5 Å². The van der Waals surface area contributed by atoms with Gasteiger partial charge in [-0.3, -0.25) is 9.69 Å². The molecule has 2 fully saturated rings. The molecule has 3 rings (SSSR count). The number of piperidine rings is 1. The number of piperazine rings is 1. The molecule has 1 aromatic rings. The quantitative estimate of drug-likeness (QED) is 0.874. The molecule has 2 aliphatic rings. The number of hydrogen-bond donors (Lipinski definition) is 1. The van der Waals surface area contributed by atoms with Crippen molar-refractivity contribution in [1.29, 1.82) is 0 Å². The summed E-state index contributed by atoms with van der Waals surface area (Å²) in [6.45, 7) is 7.89. The summed E-state index contributed by atoms with van der Waals surface area (Å²) in [5, 5.41) is 3.03. The number of furan rings is 1. The van der Waals surface area contributed by atoms with Gasteiger partial charge in [0, 0.05) is 32.7 Å². The largest absolute Gasteiger partial charge is 0.467 e. The Morgan fingerprint density at radius 3 is 2.58 bits per heavy atom. The number of hydrogen-bond acceptors (Lipinski definition) is 5. The lowest BCUT2D eigenvalue weighted by atomic mass is 9.96. The highest BCUT2D eigenvalue weighted by atomic mass is 16.3. The van der Waals surface area contributed by atoms with E-state index in [0.717, 1.165) is 37.9 Å². The van der Waals surface area contributed by atoms with Crippen molar-refractivity contribution >= 4 is 5.91 Å². The average Bonchev–Trinajstić information content (AvgIpc) is 3.06. The van der Waals surface area contributed by atoms with E-state index in [1.807, 2.05) is 18.0 Å². The highest BCUT2D eigenvalue weighted by molar-refractivity contribution is 5.94. The topological polar surface area (TPSA) is 52.0 Å². The molecule has 0 unspecified atom stereocenters. The van der Waals surface area contributed by atoms with E-state index in [-0.39, 0.29) is 5.91 Å². The van der Waals surface area contributed by atoms with Gasteiger partial charge in [-0.25, -0.2) is 0 Å². The first-order chi connectivity index (χ1) is 11.7. The molecule has 6 nitrogen and oxygen atoms in total. The van der Waals surface area contributed by atoms with Crippen molar-refractivity contribution in [3.63, 3.8) is 0 Å². The second kappa shape index (κ2) is 8.14. The van der Waals surface area contributed by atoms with Gasteiger partial charge in [0.15, 0.2) is 0 Å². The zero-order valence-electron chi connectivity index (χ0n) is 15.0. The smallest absolute Gasteiger partial charge is 0.257 e. The second-order valence-electron chi connectivity index (χ2n) is 7.17. The van der Waals surface area contributed by atoms with Crippen molar-refractivity contribution in [3.05, 3.63) is 23.7 Å². The second-order valence-corrected chi connectivity index (χ2v) is 7.17. The molecule has 0 spiro atoms. The van der Waals surface area contributed by atoms with Crippen LogP contribution in [0.4, 0.5) is 0 Å². The number of nitrogens with zero attached hydrogens (tertiary/aromatic N) is 3. The number of likely N-dealkylation sites (tertiary alicyclic amines) is 1. The minimum Gasteiger partial charge on any atom is -0.467 e. The van der Waals surface area contributed by atoms with Gasteiger partial charge in [0.2, 0.25) is 0 Å². The van der Waals surface area contributed by atoms with Crippen LogP contribution in [0.15, 0.2) is 16.7 Å². The lowest BCUT2D eigenvalue weighted by Gasteiger charge is -2.38. The summed E-state index contributed by atoms with van der Waals surface area (Å²) in [5.74, 6) is 1.73. The molecule has 0 saturated carbocycles. The fraction of sp³-hybridized carbons (Fsp3) is 0.722. The Hall–Kier alpha value is -1.37. The van der Waals surface area contributed by atoms with Gasteiger partial charge in [-0.2, -0.15) is 0 Å². The Balaban J connectivity index is 1.45. The van der Waals surface area contributed by atoms with Crippen molar-refractivity contribution in [1.82, 2.24) is 20.0 Å². The van der Waals surface area contributed by atoms with E-state index in [2.05, 4.69) is 22.2 Å². The molecule has 0 aromatic carbocycles. The van der Waals surface area contributed by atoms with Crippen LogP contribution >= 0.6 is 0 Å². The van der Waals surface area contributed by atoms with Gasteiger partial charge in [-0.05, 0) is 52.0 Å². The molecule has 0 aliphatic carbocycles. The molecular formula is C18H30N4O2. The van der Waals surface area contributed by atoms with Crippen LogP contribution in [-0.2, 0) is 6.54 Å². The van der Waals surface area contributed by atoms with Crippen molar-refractivity contribution in [3.8, 4) is 0 Å². The number of rotatable bonds is 5. The Morgan fingerprint density at radius 2 is 1.92 bits per heavy atom. The molecule has 2 aliphatic heterocycles. The summed E-state index contributed by atoms with van der Waals surface area (Å²) in [4.78, 5) is 19.5. The third-order valence-electron chi connectivity index (χ3n) is 5.27. The summed E-state index contributed by atoms with van der Waals surface area (Å²) in [6.07, 6.45) is 4.19. The van der Waals surface area contributed by atoms with Gasteiger partial charge in [0.05, 0.1) is 12.1 Å². The molecule has 3 heterocycles. The molecule has 134 valence electrons. The van der Waals surface area contributed by atoms with Crippen LogP contribution in [0.5, 0.6) is 0 Å². The molecule has 0 radical (unpaired) electrons. The molecule has 0 bridgehead atoms. The average molecular weight is 334 g/mol. The fourth-order valence-electron chi connectivity index (χ4n) is 3.69. The molecule has 0 atom stereocenters. The highest BCUT2D eigenvalue weighted by Crippen LogP contribution is 2.19. The van der Waals surface area contributed by atoms with E-state index in [1.54, 1.807) is 6.26 Å². The van der Waals surface area contributed by atoms with E-state index in [9.17, 15) is 4.79 Å². The van der Waals surface area contributed by atoms with Crippen LogP contribution < -0.4 is 5.32 Å². The van der Waals surface area contributed by atoms with Gasteiger partial charge in [0.25, 0.3) is 5.91 Å². The fourth-order valence-corrected chi connectivity index (χ4v) is 3.69. The third kappa shape index (κ3) is 4.37. The summed E-state index contributed by atoms with van der Waals surface area (Å²) in [5.41, 5.74) is 0.670. The van der Waals surface area contributed by atoms with Gasteiger partial charge in [-0.1, -0.05) is 0 Å². The van der Waals surface area contributed by atoms with Crippen molar-refractivity contribution in [2.24, 2.45) is 5.92 Å². The zero-order valence-corrected chi connectivity index (χ0v) is 15.0. The Morgan fingerprint density at radius 1 is 1.21 bits per heavy atom. The van der Waals surface area contributed by atoms with Crippen molar-refractivity contribution < 1.29 is 9.21 Å². The van der Waals surface area contributed by atoms with Crippen LogP contribution in [0.3, 0.4) is 0 Å². The summed E-state index contributed by atoms with van der Waals surface area (Å²) in [7, 11) is 4.08. The number of carbonyl (C=O) groups is 1. The highest BCUT2D eigenvalue weighted by Gasteiger charge is 2.25. The minimum absolute atomic E-state index is 0.0973. The van der Waals surface area contributed by atoms with Gasteiger partial charge >= 0.3 is 0 Å². The Bertz CT molecular complexity index is 529. The summed E-state index contributed by atoms with van der Waals surface area (Å²) in [6, 6.07) is 1.85. The maximum atomic E-state index is 12.6. The predicted molar refractivity (Wildman–Crippen MR) is 94.0 cm³/mol.